The number of rotatable bonds is 2. The molecule has 0 aliphatic heterocycles. The van der Waals surface area contributed by atoms with Gasteiger partial charge in [0.15, 0.2) is 0 Å². The van der Waals surface area contributed by atoms with E-state index in [1.807, 2.05) is 0 Å². The first-order valence-electron chi connectivity index (χ1n) is 6.46. The third-order valence-electron chi connectivity index (χ3n) is 3.37. The summed E-state index contributed by atoms with van der Waals surface area (Å²) in [6, 6.07) is 13.3. The number of amides is 1. The van der Waals surface area contributed by atoms with Gasteiger partial charge in [0.25, 0.3) is 11.5 Å². The van der Waals surface area contributed by atoms with Gasteiger partial charge in [0.05, 0.1) is 0 Å². The molecule has 0 unspecified atom stereocenters. The molecule has 1 aromatic heterocycles. The fourth-order valence-corrected chi connectivity index (χ4v) is 2.38. The molecule has 0 fully saturated rings. The van der Waals surface area contributed by atoms with Gasteiger partial charge in [-0.25, -0.2) is 5.48 Å². The predicted molar refractivity (Wildman–Crippen MR) is 83.8 cm³/mol. The summed E-state index contributed by atoms with van der Waals surface area (Å²) in [5.41, 5.74) is 2.18. The Morgan fingerprint density at radius 1 is 1.09 bits per heavy atom. The Morgan fingerprint density at radius 3 is 2.50 bits per heavy atom. The van der Waals surface area contributed by atoms with E-state index in [1.54, 1.807) is 54.1 Å². The lowest BCUT2D eigenvalue weighted by Crippen LogP contribution is -2.20. The van der Waals surface area contributed by atoms with Crippen LogP contribution in [-0.2, 0) is 0 Å². The lowest BCUT2D eigenvalue weighted by molar-refractivity contribution is 0.0706. The van der Waals surface area contributed by atoms with Crippen molar-refractivity contribution in [3.8, 4) is 5.69 Å². The number of fused-ring (bicyclic) bond motifs is 1. The predicted octanol–water partition coefficient (Wildman–Crippen LogP) is 2.76. The number of benzene rings is 2. The summed E-state index contributed by atoms with van der Waals surface area (Å²) in [7, 11) is 0. The molecule has 0 aliphatic carbocycles. The van der Waals surface area contributed by atoms with Crippen LogP contribution < -0.4 is 11.0 Å². The number of hydrogen-bond donors (Lipinski definition) is 2. The van der Waals surface area contributed by atoms with Gasteiger partial charge in [0.1, 0.15) is 0 Å². The lowest BCUT2D eigenvalue weighted by Gasteiger charge is -2.08. The van der Waals surface area contributed by atoms with Crippen molar-refractivity contribution in [2.75, 3.05) is 0 Å². The summed E-state index contributed by atoms with van der Waals surface area (Å²) in [6.07, 6.45) is 1.67. The molecule has 110 valence electrons. The molecule has 0 spiro atoms. The summed E-state index contributed by atoms with van der Waals surface area (Å²) < 4.78 is 1.47. The Kier molecular flexibility index (Phi) is 3.66. The SMILES string of the molecule is O=C(NO)c1ccc2ccn(-c3ccc(Cl)cc3)c(=O)c2c1. The van der Waals surface area contributed by atoms with E-state index < -0.39 is 5.91 Å². The Bertz CT molecular complexity index is 917. The van der Waals surface area contributed by atoms with Crippen LogP contribution in [-0.4, -0.2) is 15.7 Å². The van der Waals surface area contributed by atoms with E-state index in [-0.39, 0.29) is 11.1 Å². The van der Waals surface area contributed by atoms with Crippen LogP contribution in [0.25, 0.3) is 16.5 Å². The summed E-state index contributed by atoms with van der Waals surface area (Å²) >= 11 is 5.85. The molecule has 6 heteroatoms. The second-order valence-corrected chi connectivity index (χ2v) is 5.15. The van der Waals surface area contributed by atoms with Gasteiger partial charge in [-0.05, 0) is 47.9 Å². The maximum Gasteiger partial charge on any atom is 0.274 e. The van der Waals surface area contributed by atoms with Gasteiger partial charge in [-0.1, -0.05) is 17.7 Å². The van der Waals surface area contributed by atoms with E-state index >= 15 is 0 Å². The van der Waals surface area contributed by atoms with Crippen molar-refractivity contribution in [3.05, 3.63) is 75.7 Å². The van der Waals surface area contributed by atoms with E-state index in [4.69, 9.17) is 16.8 Å². The molecule has 3 rings (SSSR count). The molecule has 0 saturated heterocycles. The van der Waals surface area contributed by atoms with E-state index in [2.05, 4.69) is 0 Å². The summed E-state index contributed by atoms with van der Waals surface area (Å²) in [6.45, 7) is 0. The Hall–Kier alpha value is -2.63. The molecular formula is C16H11ClN2O3. The van der Waals surface area contributed by atoms with Crippen LogP contribution in [0.1, 0.15) is 10.4 Å². The van der Waals surface area contributed by atoms with Crippen LogP contribution in [0.15, 0.2) is 59.5 Å². The monoisotopic (exact) mass is 314 g/mol. The standard InChI is InChI=1S/C16H11ClN2O3/c17-12-3-5-13(6-4-12)19-8-7-10-1-2-11(15(20)18-22)9-14(10)16(19)21/h1-9,22H,(H,18,20). The van der Waals surface area contributed by atoms with Crippen LogP contribution in [0.4, 0.5) is 0 Å². The average molecular weight is 315 g/mol. The minimum atomic E-state index is -0.664. The zero-order valence-electron chi connectivity index (χ0n) is 11.3. The number of halogens is 1. The molecule has 3 aromatic rings. The van der Waals surface area contributed by atoms with Gasteiger partial charge in [0, 0.05) is 27.9 Å². The highest BCUT2D eigenvalue weighted by atomic mass is 35.5. The van der Waals surface area contributed by atoms with Gasteiger partial charge in [-0.2, -0.15) is 0 Å². The molecule has 2 N–H and O–H groups in total. The van der Waals surface area contributed by atoms with Crippen molar-refractivity contribution in [1.82, 2.24) is 10.0 Å². The number of hydroxylamine groups is 1. The zero-order valence-corrected chi connectivity index (χ0v) is 12.0. The van der Waals surface area contributed by atoms with Crippen molar-refractivity contribution in [1.29, 1.82) is 0 Å². The van der Waals surface area contributed by atoms with Crippen LogP contribution in [0.5, 0.6) is 0 Å². The Morgan fingerprint density at radius 2 is 1.82 bits per heavy atom. The molecular weight excluding hydrogens is 304 g/mol. The number of nitrogens with one attached hydrogen (secondary N) is 1. The highest BCUT2D eigenvalue weighted by Gasteiger charge is 2.09. The molecule has 0 bridgehead atoms. The molecule has 0 saturated carbocycles. The lowest BCUT2D eigenvalue weighted by atomic mass is 10.1. The molecule has 0 radical (unpaired) electrons. The first kappa shape index (κ1) is 14.3. The van der Waals surface area contributed by atoms with Gasteiger partial charge in [0.2, 0.25) is 0 Å². The second-order valence-electron chi connectivity index (χ2n) is 4.71. The van der Waals surface area contributed by atoms with Crippen molar-refractivity contribution in [2.24, 2.45) is 0 Å². The fraction of sp³-hybridized carbons (Fsp3) is 0. The number of pyridine rings is 1. The first-order valence-corrected chi connectivity index (χ1v) is 6.84. The number of nitrogens with zero attached hydrogens (tertiary/aromatic N) is 1. The topological polar surface area (TPSA) is 71.3 Å². The van der Waals surface area contributed by atoms with Gasteiger partial charge in [-0.3, -0.25) is 19.4 Å². The number of carbonyl (C=O) groups excluding carboxylic acids is 1. The molecule has 2 aromatic carbocycles. The average Bonchev–Trinajstić information content (AvgIpc) is 2.55. The van der Waals surface area contributed by atoms with Gasteiger partial charge < -0.3 is 0 Å². The minimum Gasteiger partial charge on any atom is -0.288 e. The highest BCUT2D eigenvalue weighted by Crippen LogP contribution is 2.16. The van der Waals surface area contributed by atoms with Gasteiger partial charge in [-0.15, -0.1) is 0 Å². The maximum atomic E-state index is 12.6. The highest BCUT2D eigenvalue weighted by molar-refractivity contribution is 6.30. The quantitative estimate of drug-likeness (QED) is 0.564. The number of aromatic nitrogens is 1. The number of carbonyl (C=O) groups is 1. The second kappa shape index (κ2) is 5.63. The Balaban J connectivity index is 2.21. The van der Waals surface area contributed by atoms with E-state index in [0.29, 0.717) is 21.5 Å². The van der Waals surface area contributed by atoms with Crippen LogP contribution in [0.3, 0.4) is 0 Å². The van der Waals surface area contributed by atoms with Crippen molar-refractivity contribution in [2.45, 2.75) is 0 Å². The smallest absolute Gasteiger partial charge is 0.274 e. The third kappa shape index (κ3) is 2.47. The fourth-order valence-electron chi connectivity index (χ4n) is 2.25. The molecule has 0 aliphatic rings. The van der Waals surface area contributed by atoms with E-state index in [9.17, 15) is 9.59 Å². The summed E-state index contributed by atoms with van der Waals surface area (Å²) in [5.74, 6) is -0.664. The number of hydrogen-bond acceptors (Lipinski definition) is 3. The molecule has 0 atom stereocenters. The van der Waals surface area contributed by atoms with Crippen LogP contribution >= 0.6 is 11.6 Å². The zero-order chi connectivity index (χ0) is 15.7. The van der Waals surface area contributed by atoms with Crippen molar-refractivity contribution in [3.63, 3.8) is 0 Å². The maximum absolute atomic E-state index is 12.6. The van der Waals surface area contributed by atoms with Crippen LogP contribution in [0.2, 0.25) is 5.02 Å². The van der Waals surface area contributed by atoms with E-state index in [1.165, 1.54) is 10.6 Å². The van der Waals surface area contributed by atoms with Crippen LogP contribution in [0, 0.1) is 0 Å². The Labute approximate surface area is 130 Å². The third-order valence-corrected chi connectivity index (χ3v) is 3.63. The first-order chi connectivity index (χ1) is 10.6. The van der Waals surface area contributed by atoms with E-state index in [0.717, 1.165) is 0 Å². The summed E-state index contributed by atoms with van der Waals surface area (Å²) in [4.78, 5) is 24.1. The van der Waals surface area contributed by atoms with Crippen molar-refractivity contribution >= 4 is 28.3 Å². The molecule has 22 heavy (non-hydrogen) atoms. The van der Waals surface area contributed by atoms with Crippen molar-refractivity contribution < 1.29 is 10.0 Å². The van der Waals surface area contributed by atoms with Gasteiger partial charge >= 0.3 is 0 Å². The minimum absolute atomic E-state index is 0.209. The molecule has 5 nitrogen and oxygen atoms in total. The molecule has 1 heterocycles. The molecule has 1 amide bonds. The largest absolute Gasteiger partial charge is 0.288 e. The normalized spacial score (nSPS) is 10.6. The summed E-state index contributed by atoms with van der Waals surface area (Å²) in [5, 5.41) is 10.4.